The standard InChI is InChI=1S/C5H8O2.2CH3.ClH.Sn/c1-2-3-4-5(6)7;;;;/h3-4H,2H2,1H3,(H,6,7);2*1H3;1H;/b4-3+;;;;. The molecule has 0 saturated carbocycles. The maximum absolute atomic E-state index is 9.67. The Morgan fingerprint density at radius 1 is 1.55 bits per heavy atom. The number of carboxylic acids is 1. The predicted molar refractivity (Wildman–Crippen MR) is 51.8 cm³/mol. The average Bonchev–Trinajstić information content (AvgIpc) is 1.85. The Morgan fingerprint density at radius 2 is 1.91 bits per heavy atom. The molecule has 2 nitrogen and oxygen atoms in total. The fraction of sp³-hybridized carbons (Fsp3) is 0.571. The molecular formula is C7H15ClO2Sn. The van der Waals surface area contributed by atoms with Crippen LogP contribution in [0.1, 0.15) is 13.3 Å². The van der Waals surface area contributed by atoms with E-state index in [0.717, 1.165) is 12.5 Å². The van der Waals surface area contributed by atoms with Gasteiger partial charge in [0.2, 0.25) is 0 Å². The summed E-state index contributed by atoms with van der Waals surface area (Å²) in [5.41, 5.74) is 0. The van der Waals surface area contributed by atoms with Gasteiger partial charge in [0.1, 0.15) is 0 Å². The monoisotopic (exact) mass is 286 g/mol. The third-order valence-electron chi connectivity index (χ3n) is 0.496. The molecule has 11 heavy (non-hydrogen) atoms. The van der Waals surface area contributed by atoms with Crippen molar-refractivity contribution in [3.8, 4) is 0 Å². The molecular weight excluding hydrogens is 270 g/mol. The molecule has 0 aromatic carbocycles. The van der Waals surface area contributed by atoms with Crippen LogP contribution in [0.4, 0.5) is 0 Å². The van der Waals surface area contributed by atoms with Crippen LogP contribution < -0.4 is 0 Å². The van der Waals surface area contributed by atoms with E-state index in [9.17, 15) is 4.79 Å². The molecule has 1 N–H and O–H groups in total. The first kappa shape index (κ1) is 17.4. The van der Waals surface area contributed by atoms with Crippen molar-refractivity contribution in [2.24, 2.45) is 0 Å². The quantitative estimate of drug-likeness (QED) is 0.624. The molecule has 4 heteroatoms. The van der Waals surface area contributed by atoms with E-state index in [0.29, 0.717) is 0 Å². The van der Waals surface area contributed by atoms with Crippen molar-refractivity contribution in [3.05, 3.63) is 12.2 Å². The number of carboxylic acid groups (broad SMARTS) is 1. The fourth-order valence-corrected chi connectivity index (χ4v) is 0.219. The predicted octanol–water partition coefficient (Wildman–Crippen LogP) is 2.25. The number of hydrogen-bond donors (Lipinski definition) is 1. The van der Waals surface area contributed by atoms with Crippen LogP contribution in [-0.4, -0.2) is 32.2 Å². The molecule has 66 valence electrons. The van der Waals surface area contributed by atoms with Gasteiger partial charge in [-0.3, -0.25) is 0 Å². The van der Waals surface area contributed by atoms with Gasteiger partial charge in [-0.1, -0.05) is 13.0 Å². The van der Waals surface area contributed by atoms with Gasteiger partial charge in [0.05, 0.1) is 0 Å². The van der Waals surface area contributed by atoms with Crippen molar-refractivity contribution in [2.75, 3.05) is 0 Å². The number of carbonyl (C=O) groups is 1. The summed E-state index contributed by atoms with van der Waals surface area (Å²) in [6, 6.07) is 0. The second-order valence-electron chi connectivity index (χ2n) is 1.65. The van der Waals surface area contributed by atoms with Gasteiger partial charge in [0, 0.05) is 6.08 Å². The molecule has 0 unspecified atom stereocenters. The Morgan fingerprint density at radius 3 is 2.00 bits per heavy atom. The van der Waals surface area contributed by atoms with E-state index in [4.69, 9.17) is 5.11 Å². The van der Waals surface area contributed by atoms with Crippen molar-refractivity contribution in [1.82, 2.24) is 0 Å². The molecule has 0 rings (SSSR count). The minimum absolute atomic E-state index is 0. The molecule has 0 aromatic heterocycles. The van der Waals surface area contributed by atoms with Crippen LogP contribution in [0.25, 0.3) is 0 Å². The summed E-state index contributed by atoms with van der Waals surface area (Å²) in [6.45, 7) is 1.89. The van der Waals surface area contributed by atoms with Gasteiger partial charge in [0.25, 0.3) is 0 Å². The second kappa shape index (κ2) is 16.7. The van der Waals surface area contributed by atoms with Crippen molar-refractivity contribution < 1.29 is 9.90 Å². The molecule has 0 amide bonds. The van der Waals surface area contributed by atoms with E-state index < -0.39 is 5.97 Å². The van der Waals surface area contributed by atoms with Crippen molar-refractivity contribution in [3.63, 3.8) is 0 Å². The molecule has 0 atom stereocenters. The molecule has 0 aromatic rings. The summed E-state index contributed by atoms with van der Waals surface area (Å²) in [5.74, 6) is -0.873. The van der Waals surface area contributed by atoms with Gasteiger partial charge in [-0.05, 0) is 6.42 Å². The Hall–Kier alpha value is 0.299. The van der Waals surface area contributed by atoms with Crippen molar-refractivity contribution in [1.29, 1.82) is 0 Å². The van der Waals surface area contributed by atoms with Crippen LogP contribution in [0.15, 0.2) is 12.2 Å². The first-order valence-electron chi connectivity index (χ1n) is 3.17. The third-order valence-corrected chi connectivity index (χ3v) is 0.496. The Kier molecular flexibility index (Phi) is 26.4. The first-order chi connectivity index (χ1) is 4.68. The number of rotatable bonds is 2. The summed E-state index contributed by atoms with van der Waals surface area (Å²) < 4.78 is 0. The molecule has 0 fully saturated rings. The number of allylic oxidation sites excluding steroid dienone is 1. The fourth-order valence-electron chi connectivity index (χ4n) is 0.219. The summed E-state index contributed by atoms with van der Waals surface area (Å²) in [7, 11) is 0. The molecule has 0 heterocycles. The summed E-state index contributed by atoms with van der Waals surface area (Å²) in [4.78, 5) is 14.3. The third kappa shape index (κ3) is 38.4. The molecule has 0 bridgehead atoms. The SMILES string of the molecule is CC/C=C/C(=O)O.Cl.[CH3][Sn][CH3]. The zero-order valence-electron chi connectivity index (χ0n) is 7.13. The van der Waals surface area contributed by atoms with Gasteiger partial charge in [-0.25, -0.2) is 4.79 Å². The van der Waals surface area contributed by atoms with Crippen LogP contribution in [0.3, 0.4) is 0 Å². The Bertz CT molecular complexity index is 105. The average molecular weight is 285 g/mol. The van der Waals surface area contributed by atoms with E-state index >= 15 is 0 Å². The van der Waals surface area contributed by atoms with Crippen molar-refractivity contribution in [2.45, 2.75) is 23.2 Å². The van der Waals surface area contributed by atoms with E-state index in [1.54, 1.807) is 6.08 Å². The van der Waals surface area contributed by atoms with Gasteiger partial charge < -0.3 is 5.11 Å². The molecule has 0 aliphatic heterocycles. The molecule has 2 radical (unpaired) electrons. The van der Waals surface area contributed by atoms with Gasteiger partial charge >= 0.3 is 37.0 Å². The van der Waals surface area contributed by atoms with Gasteiger partial charge in [0.15, 0.2) is 0 Å². The maximum atomic E-state index is 9.67. The van der Waals surface area contributed by atoms with E-state index in [1.165, 1.54) is 0 Å². The van der Waals surface area contributed by atoms with Crippen LogP contribution in [0.5, 0.6) is 0 Å². The van der Waals surface area contributed by atoms with E-state index in [1.807, 2.05) is 6.92 Å². The van der Waals surface area contributed by atoms with Gasteiger partial charge in [-0.15, -0.1) is 12.4 Å². The van der Waals surface area contributed by atoms with E-state index in [-0.39, 0.29) is 33.5 Å². The number of hydrogen-bond acceptors (Lipinski definition) is 1. The van der Waals surface area contributed by atoms with Crippen LogP contribution >= 0.6 is 12.4 Å². The van der Waals surface area contributed by atoms with Crippen LogP contribution in [0, 0.1) is 0 Å². The first-order valence-corrected chi connectivity index (χ1v) is 8.87. The Labute approximate surface area is 84.7 Å². The second-order valence-corrected chi connectivity index (χ2v) is 4.50. The normalized spacial score (nSPS) is 7.91. The van der Waals surface area contributed by atoms with Gasteiger partial charge in [-0.2, -0.15) is 0 Å². The molecule has 0 aliphatic rings. The van der Waals surface area contributed by atoms with Crippen LogP contribution in [0.2, 0.25) is 9.88 Å². The number of aliphatic carboxylic acids is 1. The summed E-state index contributed by atoms with van der Waals surface area (Å²) in [6.07, 6.45) is 3.52. The van der Waals surface area contributed by atoms with Crippen LogP contribution in [-0.2, 0) is 4.79 Å². The Balaban J connectivity index is -0.000000140. The molecule has 0 saturated heterocycles. The zero-order chi connectivity index (χ0) is 8.41. The molecule has 0 aliphatic carbocycles. The van der Waals surface area contributed by atoms with Crippen molar-refractivity contribution >= 4 is 39.5 Å². The topological polar surface area (TPSA) is 37.3 Å². The molecule has 0 spiro atoms. The van der Waals surface area contributed by atoms with E-state index in [2.05, 4.69) is 9.88 Å². The summed E-state index contributed by atoms with van der Waals surface area (Å²) in [5, 5.41) is 7.96. The number of halogens is 1. The summed E-state index contributed by atoms with van der Waals surface area (Å²) >= 11 is 0.230. The minimum atomic E-state index is -0.873. The zero-order valence-corrected chi connectivity index (χ0v) is 10.8.